The molecule has 0 aromatic carbocycles. The van der Waals surface area contributed by atoms with Gasteiger partial charge in [-0.05, 0) is 58.7 Å². The van der Waals surface area contributed by atoms with Gasteiger partial charge < -0.3 is 25.2 Å². The molecule has 2 aromatic rings. The fourth-order valence-electron chi connectivity index (χ4n) is 5.70. The maximum absolute atomic E-state index is 12.4. The van der Waals surface area contributed by atoms with Crippen LogP contribution in [0.4, 0.5) is 10.5 Å². The molecule has 0 aliphatic carbocycles. The molecule has 1 unspecified atom stereocenters. The van der Waals surface area contributed by atoms with Crippen LogP contribution in [0, 0.1) is 5.92 Å². The van der Waals surface area contributed by atoms with Gasteiger partial charge in [-0.15, -0.1) is 0 Å². The second kappa shape index (κ2) is 10.6. The van der Waals surface area contributed by atoms with Gasteiger partial charge in [0.1, 0.15) is 0 Å². The monoisotopic (exact) mass is 493 g/mol. The van der Waals surface area contributed by atoms with Crippen LogP contribution in [0.2, 0.25) is 0 Å². The number of nitrogens with one attached hydrogen (secondary N) is 2. The summed E-state index contributed by atoms with van der Waals surface area (Å²) in [5.74, 6) is 0.281. The normalized spacial score (nSPS) is 24.9. The molecule has 9 heteroatoms. The fourth-order valence-corrected chi connectivity index (χ4v) is 5.70. The van der Waals surface area contributed by atoms with Crippen LogP contribution in [-0.2, 0) is 4.74 Å². The van der Waals surface area contributed by atoms with E-state index < -0.39 is 0 Å². The van der Waals surface area contributed by atoms with Gasteiger partial charge in [-0.2, -0.15) is 5.10 Å². The first-order valence-corrected chi connectivity index (χ1v) is 13.4. The first-order valence-electron chi connectivity index (χ1n) is 13.4. The predicted molar refractivity (Wildman–Crippen MR) is 144 cm³/mol. The smallest absolute Gasteiger partial charge is 0.317 e. The lowest BCUT2D eigenvalue weighted by Gasteiger charge is -2.42. The molecule has 2 aromatic heterocycles. The molecule has 0 bridgehead atoms. The summed E-state index contributed by atoms with van der Waals surface area (Å²) >= 11 is 0. The molecule has 3 aliphatic heterocycles. The van der Waals surface area contributed by atoms with Gasteiger partial charge in [0.25, 0.3) is 0 Å². The van der Waals surface area contributed by atoms with Crippen LogP contribution in [0.5, 0.6) is 0 Å². The molecule has 9 nitrogen and oxygen atoms in total. The van der Waals surface area contributed by atoms with E-state index in [-0.39, 0.29) is 23.6 Å². The van der Waals surface area contributed by atoms with Crippen molar-refractivity contribution in [1.29, 1.82) is 0 Å². The van der Waals surface area contributed by atoms with Gasteiger partial charge in [0.05, 0.1) is 22.5 Å². The minimum absolute atomic E-state index is 0.0185. The van der Waals surface area contributed by atoms with E-state index in [0.29, 0.717) is 13.1 Å². The van der Waals surface area contributed by atoms with Gasteiger partial charge in [-0.1, -0.05) is 6.08 Å². The number of ether oxygens (including phenoxy) is 1. The highest BCUT2D eigenvalue weighted by Crippen LogP contribution is 2.35. The summed E-state index contributed by atoms with van der Waals surface area (Å²) in [5, 5.41) is 11.1. The Morgan fingerprint density at radius 3 is 2.81 bits per heavy atom. The van der Waals surface area contributed by atoms with Crippen molar-refractivity contribution in [3.05, 3.63) is 36.2 Å². The van der Waals surface area contributed by atoms with Gasteiger partial charge in [0.2, 0.25) is 0 Å². The van der Waals surface area contributed by atoms with Crippen LogP contribution in [0.15, 0.2) is 35.6 Å². The number of hydrogen-bond acceptors (Lipinski definition) is 6. The van der Waals surface area contributed by atoms with E-state index in [2.05, 4.69) is 58.2 Å². The average Bonchev–Trinajstić information content (AvgIpc) is 3.34. The van der Waals surface area contributed by atoms with Crippen molar-refractivity contribution in [3.8, 4) is 0 Å². The van der Waals surface area contributed by atoms with E-state index >= 15 is 0 Å². The number of rotatable bonds is 6. The highest BCUT2D eigenvalue weighted by Gasteiger charge is 2.40. The zero-order valence-electron chi connectivity index (χ0n) is 21.7. The van der Waals surface area contributed by atoms with Gasteiger partial charge in [-0.25, -0.2) is 9.31 Å². The number of anilines is 1. The Bertz CT molecular complexity index is 1120. The van der Waals surface area contributed by atoms with E-state index in [0.717, 1.165) is 74.5 Å². The van der Waals surface area contributed by atoms with Crippen LogP contribution in [0.3, 0.4) is 0 Å². The van der Waals surface area contributed by atoms with E-state index in [1.54, 1.807) is 0 Å². The Morgan fingerprint density at radius 1 is 1.31 bits per heavy atom. The van der Waals surface area contributed by atoms with Crippen LogP contribution in [0.1, 0.15) is 45.6 Å². The largest absolute Gasteiger partial charge is 0.373 e. The number of piperazine rings is 1. The number of aromatic nitrogens is 2. The summed E-state index contributed by atoms with van der Waals surface area (Å²) in [7, 11) is 0. The summed E-state index contributed by atoms with van der Waals surface area (Å²) in [6.45, 7) is 11.7. The summed E-state index contributed by atoms with van der Waals surface area (Å²) in [6, 6.07) is 4.42. The lowest BCUT2D eigenvalue weighted by Crippen LogP contribution is -2.53. The van der Waals surface area contributed by atoms with Crippen LogP contribution in [-0.4, -0.2) is 84.3 Å². The number of urea groups is 1. The molecule has 5 rings (SSSR count). The molecule has 2 fully saturated rings. The minimum Gasteiger partial charge on any atom is -0.373 e. The molecule has 2 N–H and O–H groups in total. The topological polar surface area (TPSA) is 86.5 Å². The molecule has 36 heavy (non-hydrogen) atoms. The third kappa shape index (κ3) is 4.99. The number of hydrogen-bond donors (Lipinski definition) is 2. The highest BCUT2D eigenvalue weighted by molar-refractivity contribution is 5.83. The predicted octanol–water partition coefficient (Wildman–Crippen LogP) is 3.16. The zero-order valence-corrected chi connectivity index (χ0v) is 21.7. The Hall–Kier alpha value is -2.91. The SMILES string of the molecule is CCO[C@]1(C2C=NC(c3cc4c(N5CCN(C(=O)NC(C)C)CC5)ccnn4c3)=CC2)CCCNC1. The Labute approximate surface area is 213 Å². The highest BCUT2D eigenvalue weighted by atomic mass is 16.5. The number of piperidine rings is 1. The first kappa shape index (κ1) is 24.8. The van der Waals surface area contributed by atoms with Gasteiger partial charge in [-0.3, -0.25) is 4.99 Å². The number of amides is 2. The third-order valence-electron chi connectivity index (χ3n) is 7.55. The molecular formula is C27H39N7O2. The number of aliphatic imine (C=N–C) groups is 1. The first-order chi connectivity index (χ1) is 17.5. The molecule has 2 atom stereocenters. The van der Waals surface area contributed by atoms with Crippen molar-refractivity contribution in [2.24, 2.45) is 10.9 Å². The molecule has 2 saturated heterocycles. The van der Waals surface area contributed by atoms with E-state index in [1.165, 1.54) is 0 Å². The lowest BCUT2D eigenvalue weighted by atomic mass is 9.79. The molecule has 0 radical (unpaired) electrons. The fraction of sp³-hybridized carbons (Fsp3) is 0.593. The number of allylic oxidation sites excluding steroid dienone is 1. The summed E-state index contributed by atoms with van der Waals surface area (Å²) in [4.78, 5) is 21.5. The zero-order chi connectivity index (χ0) is 25.1. The summed E-state index contributed by atoms with van der Waals surface area (Å²) in [6.07, 6.45) is 11.4. The van der Waals surface area contributed by atoms with Crippen LogP contribution in [0.25, 0.3) is 11.2 Å². The van der Waals surface area contributed by atoms with Crippen LogP contribution >= 0.6 is 0 Å². The summed E-state index contributed by atoms with van der Waals surface area (Å²) in [5.41, 5.74) is 4.11. The summed E-state index contributed by atoms with van der Waals surface area (Å²) < 4.78 is 8.23. The maximum atomic E-state index is 12.4. The van der Waals surface area contributed by atoms with Crippen molar-refractivity contribution >= 4 is 29.1 Å². The third-order valence-corrected chi connectivity index (χ3v) is 7.55. The van der Waals surface area contributed by atoms with Crippen LogP contribution < -0.4 is 15.5 Å². The molecule has 0 saturated carbocycles. The van der Waals surface area contributed by atoms with E-state index in [9.17, 15) is 4.79 Å². The molecule has 2 amide bonds. The maximum Gasteiger partial charge on any atom is 0.317 e. The molecule has 5 heterocycles. The van der Waals surface area contributed by atoms with E-state index in [4.69, 9.17) is 9.73 Å². The number of carbonyl (C=O) groups is 1. The Morgan fingerprint density at radius 2 is 2.14 bits per heavy atom. The molecule has 3 aliphatic rings. The number of nitrogens with zero attached hydrogens (tertiary/aromatic N) is 5. The Balaban J connectivity index is 1.30. The number of carbonyl (C=O) groups excluding carboxylic acids is 1. The second-order valence-corrected chi connectivity index (χ2v) is 10.3. The Kier molecular flexibility index (Phi) is 7.29. The minimum atomic E-state index is -0.160. The van der Waals surface area contributed by atoms with Gasteiger partial charge >= 0.3 is 6.03 Å². The number of fused-ring (bicyclic) bond motifs is 1. The molecule has 194 valence electrons. The van der Waals surface area contributed by atoms with Crippen molar-refractivity contribution in [2.45, 2.75) is 51.7 Å². The van der Waals surface area contributed by atoms with Crippen molar-refractivity contribution in [1.82, 2.24) is 25.1 Å². The lowest BCUT2D eigenvalue weighted by molar-refractivity contribution is -0.0767. The molecular weight excluding hydrogens is 454 g/mol. The average molecular weight is 494 g/mol. The standard InChI is InChI=1S/C27H39N7O2/c1-4-36-27(9-5-10-28-19-27)22-6-7-23(29-17-22)21-16-25-24(8-11-30-34(25)18-21)32-12-14-33(15-13-32)26(35)31-20(2)3/h7-8,11,16-18,20,22,28H,4-6,9-10,12-15,19H2,1-3H3,(H,31,35)/t22?,27-/m1/s1. The van der Waals surface area contributed by atoms with Crippen molar-refractivity contribution in [3.63, 3.8) is 0 Å². The van der Waals surface area contributed by atoms with E-state index in [1.807, 2.05) is 29.5 Å². The van der Waals surface area contributed by atoms with Crippen molar-refractivity contribution < 1.29 is 9.53 Å². The van der Waals surface area contributed by atoms with Crippen molar-refractivity contribution in [2.75, 3.05) is 50.8 Å². The molecule has 0 spiro atoms. The van der Waals surface area contributed by atoms with Gasteiger partial charge in [0.15, 0.2) is 0 Å². The van der Waals surface area contributed by atoms with Gasteiger partial charge in [0, 0.05) is 75.5 Å². The quantitative estimate of drug-likeness (QED) is 0.646. The second-order valence-electron chi connectivity index (χ2n) is 10.3.